The molecule has 0 heterocycles. The zero-order valence-corrected chi connectivity index (χ0v) is 13.0. The van der Waals surface area contributed by atoms with E-state index in [0.717, 1.165) is 17.9 Å². The average Bonchev–Trinajstić information content (AvgIpc) is 2.57. The van der Waals surface area contributed by atoms with Crippen molar-refractivity contribution in [1.29, 1.82) is 0 Å². The van der Waals surface area contributed by atoms with E-state index < -0.39 is 0 Å². The topological polar surface area (TPSA) is 50.1 Å². The van der Waals surface area contributed by atoms with Crippen molar-refractivity contribution in [3.05, 3.63) is 60.2 Å². The Labute approximate surface area is 132 Å². The first kappa shape index (κ1) is 14.9. The summed E-state index contributed by atoms with van der Waals surface area (Å²) in [5, 5.41) is 7.27. The minimum absolute atomic E-state index is 0.541. The largest absolute Gasteiger partial charge is 0.397 e. The SMILES string of the molecule is Nc1ccccc1NC1CCC(NCc2ccccc2)CC1. The molecule has 2 aromatic rings. The van der Waals surface area contributed by atoms with E-state index in [1.54, 1.807) is 0 Å². The lowest BCUT2D eigenvalue weighted by Gasteiger charge is -2.30. The minimum atomic E-state index is 0.541. The molecule has 3 nitrogen and oxygen atoms in total. The van der Waals surface area contributed by atoms with Gasteiger partial charge in [0.2, 0.25) is 0 Å². The molecule has 2 aromatic carbocycles. The number of nitrogens with two attached hydrogens (primary N) is 1. The smallest absolute Gasteiger partial charge is 0.0576 e. The highest BCUT2D eigenvalue weighted by molar-refractivity contribution is 5.65. The van der Waals surface area contributed by atoms with Crippen molar-refractivity contribution in [2.75, 3.05) is 11.1 Å². The maximum absolute atomic E-state index is 6.00. The molecular weight excluding hydrogens is 270 g/mol. The molecular formula is C19H25N3. The summed E-state index contributed by atoms with van der Waals surface area (Å²) >= 11 is 0. The second-order valence-electron chi connectivity index (χ2n) is 6.15. The van der Waals surface area contributed by atoms with Crippen molar-refractivity contribution in [2.45, 2.75) is 44.3 Å². The molecule has 0 atom stereocenters. The summed E-state index contributed by atoms with van der Waals surface area (Å²) in [5.41, 5.74) is 9.28. The van der Waals surface area contributed by atoms with Crippen molar-refractivity contribution in [3.63, 3.8) is 0 Å². The first-order chi connectivity index (χ1) is 10.8. The van der Waals surface area contributed by atoms with Gasteiger partial charge in [0.25, 0.3) is 0 Å². The molecule has 116 valence electrons. The Morgan fingerprint density at radius 1 is 0.818 bits per heavy atom. The van der Waals surface area contributed by atoms with Crippen LogP contribution in [0.3, 0.4) is 0 Å². The first-order valence-corrected chi connectivity index (χ1v) is 8.19. The maximum atomic E-state index is 6.00. The van der Waals surface area contributed by atoms with Gasteiger partial charge >= 0.3 is 0 Å². The van der Waals surface area contributed by atoms with Crippen LogP contribution in [0.15, 0.2) is 54.6 Å². The van der Waals surface area contributed by atoms with Gasteiger partial charge in [-0.05, 0) is 43.4 Å². The van der Waals surface area contributed by atoms with Gasteiger partial charge in [0.1, 0.15) is 0 Å². The lowest BCUT2D eigenvalue weighted by Crippen LogP contribution is -2.36. The van der Waals surface area contributed by atoms with E-state index in [1.165, 1.54) is 31.2 Å². The van der Waals surface area contributed by atoms with Crippen molar-refractivity contribution >= 4 is 11.4 Å². The molecule has 0 saturated heterocycles. The van der Waals surface area contributed by atoms with Gasteiger partial charge in [-0.2, -0.15) is 0 Å². The molecule has 0 unspecified atom stereocenters. The molecule has 1 aliphatic rings. The van der Waals surface area contributed by atoms with Crippen LogP contribution in [-0.4, -0.2) is 12.1 Å². The van der Waals surface area contributed by atoms with Gasteiger partial charge in [-0.1, -0.05) is 42.5 Å². The third-order valence-electron chi connectivity index (χ3n) is 4.49. The zero-order valence-electron chi connectivity index (χ0n) is 13.0. The van der Waals surface area contributed by atoms with Gasteiger partial charge in [-0.25, -0.2) is 0 Å². The molecule has 0 radical (unpaired) electrons. The van der Waals surface area contributed by atoms with E-state index in [4.69, 9.17) is 5.73 Å². The molecule has 0 aliphatic heterocycles. The van der Waals surface area contributed by atoms with Gasteiger partial charge in [0, 0.05) is 18.6 Å². The van der Waals surface area contributed by atoms with E-state index in [2.05, 4.69) is 47.0 Å². The second kappa shape index (κ2) is 7.32. The molecule has 1 saturated carbocycles. The van der Waals surface area contributed by atoms with Crippen LogP contribution in [0.4, 0.5) is 11.4 Å². The van der Waals surface area contributed by atoms with Crippen LogP contribution in [-0.2, 0) is 6.54 Å². The van der Waals surface area contributed by atoms with Crippen LogP contribution >= 0.6 is 0 Å². The number of hydrogen-bond donors (Lipinski definition) is 3. The number of para-hydroxylation sites is 2. The Balaban J connectivity index is 1.44. The fourth-order valence-corrected chi connectivity index (χ4v) is 3.15. The highest BCUT2D eigenvalue weighted by Crippen LogP contribution is 2.25. The highest BCUT2D eigenvalue weighted by Gasteiger charge is 2.20. The summed E-state index contributed by atoms with van der Waals surface area (Å²) in [6, 6.07) is 19.8. The number of anilines is 2. The van der Waals surface area contributed by atoms with Gasteiger partial charge < -0.3 is 16.4 Å². The second-order valence-corrected chi connectivity index (χ2v) is 6.15. The van der Waals surface area contributed by atoms with E-state index in [0.29, 0.717) is 12.1 Å². The number of nitrogen functional groups attached to an aromatic ring is 1. The standard InChI is InChI=1S/C19H25N3/c20-18-8-4-5-9-19(18)22-17-12-10-16(11-13-17)21-14-15-6-2-1-3-7-15/h1-9,16-17,21-22H,10-14,20H2. The van der Waals surface area contributed by atoms with Crippen LogP contribution in [0, 0.1) is 0 Å². The molecule has 0 aromatic heterocycles. The van der Waals surface area contributed by atoms with Crippen molar-refractivity contribution in [2.24, 2.45) is 0 Å². The molecule has 4 N–H and O–H groups in total. The summed E-state index contributed by atoms with van der Waals surface area (Å²) in [6.07, 6.45) is 4.83. The quantitative estimate of drug-likeness (QED) is 0.736. The fourth-order valence-electron chi connectivity index (χ4n) is 3.15. The normalized spacial score (nSPS) is 21.5. The van der Waals surface area contributed by atoms with Crippen LogP contribution in [0.5, 0.6) is 0 Å². The molecule has 0 bridgehead atoms. The lowest BCUT2D eigenvalue weighted by molar-refractivity contribution is 0.353. The zero-order chi connectivity index (χ0) is 15.2. The maximum Gasteiger partial charge on any atom is 0.0576 e. The monoisotopic (exact) mass is 295 g/mol. The van der Waals surface area contributed by atoms with Crippen molar-refractivity contribution in [1.82, 2.24) is 5.32 Å². The number of benzene rings is 2. The number of rotatable bonds is 5. The summed E-state index contributed by atoms with van der Waals surface area (Å²) in [4.78, 5) is 0. The highest BCUT2D eigenvalue weighted by atomic mass is 15.0. The van der Waals surface area contributed by atoms with Gasteiger partial charge in [-0.15, -0.1) is 0 Å². The third-order valence-corrected chi connectivity index (χ3v) is 4.49. The average molecular weight is 295 g/mol. The summed E-state index contributed by atoms with van der Waals surface area (Å²) in [6.45, 7) is 0.967. The van der Waals surface area contributed by atoms with E-state index in [1.807, 2.05) is 18.2 Å². The van der Waals surface area contributed by atoms with Crippen LogP contribution < -0.4 is 16.4 Å². The van der Waals surface area contributed by atoms with Crippen molar-refractivity contribution in [3.8, 4) is 0 Å². The summed E-state index contributed by atoms with van der Waals surface area (Å²) in [7, 11) is 0. The van der Waals surface area contributed by atoms with E-state index in [-0.39, 0.29) is 0 Å². The number of hydrogen-bond acceptors (Lipinski definition) is 3. The van der Waals surface area contributed by atoms with Crippen LogP contribution in [0.2, 0.25) is 0 Å². The number of nitrogens with one attached hydrogen (secondary N) is 2. The molecule has 3 rings (SSSR count). The minimum Gasteiger partial charge on any atom is -0.397 e. The first-order valence-electron chi connectivity index (χ1n) is 8.19. The fraction of sp³-hybridized carbons (Fsp3) is 0.368. The molecule has 0 spiro atoms. The molecule has 3 heteroatoms. The molecule has 1 fully saturated rings. The molecule has 0 amide bonds. The Morgan fingerprint density at radius 2 is 1.45 bits per heavy atom. The Kier molecular flexibility index (Phi) is 4.96. The molecule has 22 heavy (non-hydrogen) atoms. The predicted octanol–water partition coefficient (Wildman–Crippen LogP) is 3.78. The molecule has 1 aliphatic carbocycles. The third kappa shape index (κ3) is 4.01. The lowest BCUT2D eigenvalue weighted by atomic mass is 9.90. The Morgan fingerprint density at radius 3 is 2.18 bits per heavy atom. The van der Waals surface area contributed by atoms with Gasteiger partial charge in [0.15, 0.2) is 0 Å². The van der Waals surface area contributed by atoms with E-state index >= 15 is 0 Å². The van der Waals surface area contributed by atoms with Crippen molar-refractivity contribution < 1.29 is 0 Å². The predicted molar refractivity (Wildman–Crippen MR) is 93.8 cm³/mol. The Hall–Kier alpha value is -2.00. The van der Waals surface area contributed by atoms with Crippen LogP contribution in [0.1, 0.15) is 31.2 Å². The summed E-state index contributed by atoms with van der Waals surface area (Å²) < 4.78 is 0. The van der Waals surface area contributed by atoms with Crippen LogP contribution in [0.25, 0.3) is 0 Å². The summed E-state index contributed by atoms with van der Waals surface area (Å²) in [5.74, 6) is 0. The van der Waals surface area contributed by atoms with E-state index in [9.17, 15) is 0 Å². The van der Waals surface area contributed by atoms with Gasteiger partial charge in [-0.3, -0.25) is 0 Å². The Bertz CT molecular complexity index is 574. The van der Waals surface area contributed by atoms with Gasteiger partial charge in [0.05, 0.1) is 11.4 Å².